The number of carbonyl (C=O) groups excluding carboxylic acids is 2. The Labute approximate surface area is 194 Å². The normalized spacial score (nSPS) is 10.8. The topological polar surface area (TPSA) is 83.1 Å². The van der Waals surface area contributed by atoms with E-state index in [4.69, 9.17) is 0 Å². The first-order chi connectivity index (χ1) is 15.9. The van der Waals surface area contributed by atoms with Crippen molar-refractivity contribution in [2.75, 3.05) is 10.6 Å². The summed E-state index contributed by atoms with van der Waals surface area (Å²) in [5, 5.41) is 12.9. The average Bonchev–Trinajstić information content (AvgIpc) is 3.21. The van der Waals surface area contributed by atoms with Crippen LogP contribution in [0.3, 0.4) is 0 Å². The summed E-state index contributed by atoms with van der Waals surface area (Å²) in [6.07, 6.45) is 0.504. The van der Waals surface area contributed by atoms with Gasteiger partial charge in [0.05, 0.1) is 5.69 Å². The van der Waals surface area contributed by atoms with Gasteiger partial charge in [0.2, 0.25) is 5.91 Å². The summed E-state index contributed by atoms with van der Waals surface area (Å²) in [6.45, 7) is 3.69. The number of hydrogen-bond acceptors (Lipinski definition) is 4. The number of halogens is 1. The molecular weight excluding hydrogens is 439 g/mol. The van der Waals surface area contributed by atoms with Crippen LogP contribution in [0.1, 0.15) is 29.3 Å². The average molecular weight is 463 g/mol. The minimum absolute atomic E-state index is 0.134. The minimum atomic E-state index is -0.416. The molecule has 8 heteroatoms. The third-order valence-corrected chi connectivity index (χ3v) is 5.98. The maximum absolute atomic E-state index is 13.3. The molecule has 3 N–H and O–H groups in total. The smallest absolute Gasteiger partial charge is 0.321 e. The highest BCUT2D eigenvalue weighted by molar-refractivity contribution is 7.13. The van der Waals surface area contributed by atoms with E-state index in [1.807, 2.05) is 36.6 Å². The predicted molar refractivity (Wildman–Crippen MR) is 130 cm³/mol. The lowest BCUT2D eigenvalue weighted by Gasteiger charge is -2.15. The lowest BCUT2D eigenvalue weighted by Crippen LogP contribution is -2.28. The van der Waals surface area contributed by atoms with Crippen LogP contribution in [-0.4, -0.2) is 16.9 Å². The number of hydrogen-bond donors (Lipinski definition) is 3. The molecule has 0 aliphatic carbocycles. The third-order valence-electron chi connectivity index (χ3n) is 5.18. The molecule has 1 aromatic heterocycles. The van der Waals surface area contributed by atoms with Gasteiger partial charge in [-0.25, -0.2) is 14.2 Å². The summed E-state index contributed by atoms with van der Waals surface area (Å²) in [7, 11) is 0. The number of anilines is 2. The zero-order valence-electron chi connectivity index (χ0n) is 18.2. The van der Waals surface area contributed by atoms with Gasteiger partial charge in [-0.1, -0.05) is 36.4 Å². The van der Waals surface area contributed by atoms with Crippen molar-refractivity contribution in [3.63, 3.8) is 0 Å². The molecule has 3 aromatic carbocycles. The zero-order valence-corrected chi connectivity index (χ0v) is 19.1. The molecule has 0 atom stereocenters. The van der Waals surface area contributed by atoms with Gasteiger partial charge in [0.1, 0.15) is 5.82 Å². The van der Waals surface area contributed by atoms with Gasteiger partial charge < -0.3 is 10.6 Å². The zero-order chi connectivity index (χ0) is 23.4. The number of amides is 3. The molecule has 3 amide bonds. The number of carbonyl (C=O) groups is 2. The molecule has 33 heavy (non-hydrogen) atoms. The Balaban J connectivity index is 1.47. The number of nitrogens with zero attached hydrogens (tertiary/aromatic N) is 1. The molecule has 0 saturated heterocycles. The van der Waals surface area contributed by atoms with Crippen LogP contribution in [0.4, 0.5) is 20.0 Å². The third kappa shape index (κ3) is 5.53. The number of benzene rings is 3. The Bertz CT molecular complexity index is 1340. The Morgan fingerprint density at radius 3 is 2.67 bits per heavy atom. The molecule has 0 aliphatic heterocycles. The van der Waals surface area contributed by atoms with E-state index < -0.39 is 6.03 Å². The molecule has 4 rings (SSSR count). The number of aromatic nitrogens is 1. The van der Waals surface area contributed by atoms with Gasteiger partial charge in [-0.3, -0.25) is 10.1 Å². The van der Waals surface area contributed by atoms with Gasteiger partial charge in [-0.05, 0) is 52.6 Å². The number of thiazole rings is 1. The van der Waals surface area contributed by atoms with Crippen molar-refractivity contribution < 1.29 is 14.0 Å². The van der Waals surface area contributed by atoms with Gasteiger partial charge in [-0.2, -0.15) is 0 Å². The second-order valence-electron chi connectivity index (χ2n) is 7.70. The SMILES string of the molecule is CC(=O)Nc1c(Cc2csc(NC(=O)NCc3cccc(F)c3)n2)cc2ccccc2c1C. The second kappa shape index (κ2) is 9.79. The maximum Gasteiger partial charge on any atom is 0.321 e. The van der Waals surface area contributed by atoms with E-state index in [1.54, 1.807) is 12.1 Å². The molecule has 4 aromatic rings. The molecule has 0 spiro atoms. The highest BCUT2D eigenvalue weighted by atomic mass is 32.1. The minimum Gasteiger partial charge on any atom is -0.334 e. The molecule has 0 aliphatic rings. The maximum atomic E-state index is 13.3. The Kier molecular flexibility index (Phi) is 6.65. The second-order valence-corrected chi connectivity index (χ2v) is 8.55. The van der Waals surface area contributed by atoms with Crippen molar-refractivity contribution in [3.8, 4) is 0 Å². The number of urea groups is 1. The Morgan fingerprint density at radius 1 is 1.06 bits per heavy atom. The van der Waals surface area contributed by atoms with E-state index in [1.165, 1.54) is 30.4 Å². The van der Waals surface area contributed by atoms with Crippen molar-refractivity contribution in [1.29, 1.82) is 0 Å². The molecule has 0 saturated carbocycles. The quantitative estimate of drug-likeness (QED) is 0.348. The van der Waals surface area contributed by atoms with Crippen LogP contribution >= 0.6 is 11.3 Å². The molecule has 0 bridgehead atoms. The van der Waals surface area contributed by atoms with E-state index in [0.29, 0.717) is 17.1 Å². The van der Waals surface area contributed by atoms with Gasteiger partial charge in [0.15, 0.2) is 5.13 Å². The predicted octanol–water partition coefficient (Wildman–Crippen LogP) is 5.61. The monoisotopic (exact) mass is 462 g/mol. The van der Waals surface area contributed by atoms with Crippen molar-refractivity contribution in [3.05, 3.63) is 88.2 Å². The van der Waals surface area contributed by atoms with Gasteiger partial charge in [-0.15, -0.1) is 11.3 Å². The fourth-order valence-electron chi connectivity index (χ4n) is 3.70. The van der Waals surface area contributed by atoms with E-state index in [9.17, 15) is 14.0 Å². The molecule has 168 valence electrons. The summed E-state index contributed by atoms with van der Waals surface area (Å²) < 4.78 is 13.3. The number of rotatable bonds is 6. The lowest BCUT2D eigenvalue weighted by atomic mass is 9.96. The summed E-state index contributed by atoms with van der Waals surface area (Å²) in [4.78, 5) is 28.5. The summed E-state index contributed by atoms with van der Waals surface area (Å²) in [5.41, 5.74) is 4.19. The van der Waals surface area contributed by atoms with Gasteiger partial charge >= 0.3 is 6.03 Å². The van der Waals surface area contributed by atoms with Crippen LogP contribution in [0.15, 0.2) is 60.0 Å². The fourth-order valence-corrected chi connectivity index (χ4v) is 4.41. The van der Waals surface area contributed by atoms with E-state index in [2.05, 4.69) is 27.0 Å². The van der Waals surface area contributed by atoms with E-state index in [0.717, 1.165) is 33.3 Å². The lowest BCUT2D eigenvalue weighted by molar-refractivity contribution is -0.114. The van der Waals surface area contributed by atoms with E-state index >= 15 is 0 Å². The molecular formula is C25H23FN4O2S. The van der Waals surface area contributed by atoms with Crippen LogP contribution in [0.5, 0.6) is 0 Å². The highest BCUT2D eigenvalue weighted by Crippen LogP contribution is 2.32. The van der Waals surface area contributed by atoms with Crippen molar-refractivity contribution in [1.82, 2.24) is 10.3 Å². The van der Waals surface area contributed by atoms with Crippen molar-refractivity contribution >= 4 is 44.9 Å². The Morgan fingerprint density at radius 2 is 1.88 bits per heavy atom. The summed E-state index contributed by atoms with van der Waals surface area (Å²) in [5.74, 6) is -0.480. The molecule has 0 radical (unpaired) electrons. The van der Waals surface area contributed by atoms with Gasteiger partial charge in [0.25, 0.3) is 0 Å². The molecule has 1 heterocycles. The number of nitrogens with one attached hydrogen (secondary N) is 3. The number of fused-ring (bicyclic) bond motifs is 1. The molecule has 0 unspecified atom stereocenters. The first-order valence-corrected chi connectivity index (χ1v) is 11.3. The van der Waals surface area contributed by atoms with Crippen LogP contribution in [0, 0.1) is 12.7 Å². The fraction of sp³-hybridized carbons (Fsp3) is 0.160. The van der Waals surface area contributed by atoms with Crippen LogP contribution in [0.25, 0.3) is 10.8 Å². The van der Waals surface area contributed by atoms with Crippen molar-refractivity contribution in [2.45, 2.75) is 26.8 Å². The van der Waals surface area contributed by atoms with Crippen LogP contribution < -0.4 is 16.0 Å². The number of aryl methyl sites for hydroxylation is 1. The summed E-state index contributed by atoms with van der Waals surface area (Å²) >= 11 is 1.32. The van der Waals surface area contributed by atoms with E-state index in [-0.39, 0.29) is 18.3 Å². The standard InChI is InChI=1S/C25H23FN4O2S/c1-15-22-9-4-3-7-18(22)11-19(23(15)28-16(2)31)12-21-14-33-25(29-21)30-24(32)27-13-17-6-5-8-20(26)10-17/h3-11,14H,12-13H2,1-2H3,(H,28,31)(H2,27,29,30,32). The van der Waals surface area contributed by atoms with Gasteiger partial charge in [0, 0.05) is 31.0 Å². The van der Waals surface area contributed by atoms with Crippen LogP contribution in [0.2, 0.25) is 0 Å². The van der Waals surface area contributed by atoms with Crippen molar-refractivity contribution in [2.24, 2.45) is 0 Å². The Hall–Kier alpha value is -3.78. The first-order valence-electron chi connectivity index (χ1n) is 10.4. The summed E-state index contributed by atoms with van der Waals surface area (Å²) in [6, 6.07) is 15.8. The first kappa shape index (κ1) is 22.4. The molecule has 0 fully saturated rings. The molecule has 6 nitrogen and oxygen atoms in total. The highest BCUT2D eigenvalue weighted by Gasteiger charge is 2.14. The largest absolute Gasteiger partial charge is 0.334 e. The van der Waals surface area contributed by atoms with Crippen LogP contribution in [-0.2, 0) is 17.8 Å².